The summed E-state index contributed by atoms with van der Waals surface area (Å²) >= 11 is 0. The van der Waals surface area contributed by atoms with Crippen LogP contribution in [0.4, 0.5) is 13.2 Å². The maximum atomic E-state index is 12.4. The van der Waals surface area contributed by atoms with E-state index in [0.717, 1.165) is 17.2 Å². The lowest BCUT2D eigenvalue weighted by Gasteiger charge is -2.07. The Bertz CT molecular complexity index is 985. The Morgan fingerprint density at radius 3 is 2.33 bits per heavy atom. The molecule has 0 atom stereocenters. The molecule has 0 aromatic carbocycles. The lowest BCUT2D eigenvalue weighted by atomic mass is 10.2. The number of carbonyl (C=O) groups is 2. The third-order valence-electron chi connectivity index (χ3n) is 3.87. The number of hydrogen-bond donors (Lipinski definition) is 3. The Morgan fingerprint density at radius 2 is 1.80 bits per heavy atom. The summed E-state index contributed by atoms with van der Waals surface area (Å²) < 4.78 is 33.6. The predicted octanol–water partition coefficient (Wildman–Crippen LogP) is 2.21. The number of nitrogens with zero attached hydrogens (tertiary/aromatic N) is 4. The molecule has 0 aliphatic rings. The fraction of sp³-hybridized carbons (Fsp3) is 0.278. The molecule has 1 amide bonds. The Hall–Kier alpha value is -3.70. The Balaban J connectivity index is 0.000000396. The molecule has 0 bridgehead atoms. The normalized spacial score (nSPS) is 10.8. The van der Waals surface area contributed by atoms with Crippen molar-refractivity contribution in [3.05, 3.63) is 59.7 Å². The van der Waals surface area contributed by atoms with E-state index >= 15 is 0 Å². The third-order valence-corrected chi connectivity index (χ3v) is 3.87. The molecule has 3 N–H and O–H groups in total. The lowest BCUT2D eigenvalue weighted by Crippen LogP contribution is -2.26. The van der Waals surface area contributed by atoms with E-state index in [4.69, 9.17) is 9.90 Å². The van der Waals surface area contributed by atoms with Crippen LogP contribution in [-0.4, -0.2) is 54.2 Å². The minimum absolute atomic E-state index is 0.105. The smallest absolute Gasteiger partial charge is 0.475 e. The molecule has 0 saturated heterocycles. The second-order valence-electron chi connectivity index (χ2n) is 6.01. The van der Waals surface area contributed by atoms with Crippen LogP contribution in [0.15, 0.2) is 36.9 Å². The fourth-order valence-electron chi connectivity index (χ4n) is 2.53. The first-order valence-corrected chi connectivity index (χ1v) is 8.64. The molecule has 3 rings (SSSR count). The second kappa shape index (κ2) is 9.67. The van der Waals surface area contributed by atoms with Gasteiger partial charge < -0.3 is 15.4 Å². The maximum absolute atomic E-state index is 12.4. The monoisotopic (exact) mass is 424 g/mol. The molecule has 3 heterocycles. The van der Waals surface area contributed by atoms with Crippen LogP contribution in [-0.2, 0) is 11.2 Å². The number of aryl methyl sites for hydroxylation is 1. The van der Waals surface area contributed by atoms with Gasteiger partial charge in [0.15, 0.2) is 0 Å². The van der Waals surface area contributed by atoms with Crippen molar-refractivity contribution in [3.8, 4) is 5.95 Å². The first-order chi connectivity index (χ1) is 14.1. The minimum Gasteiger partial charge on any atom is -0.475 e. The summed E-state index contributed by atoms with van der Waals surface area (Å²) in [5, 5.41) is 10.0. The number of halogens is 3. The van der Waals surface area contributed by atoms with Crippen LogP contribution in [0, 0.1) is 13.8 Å². The van der Waals surface area contributed by atoms with E-state index in [9.17, 15) is 18.0 Å². The molecule has 30 heavy (non-hydrogen) atoms. The molecule has 0 aliphatic carbocycles. The number of hydrogen-bond acceptors (Lipinski definition) is 5. The molecule has 9 nitrogen and oxygen atoms in total. The summed E-state index contributed by atoms with van der Waals surface area (Å²) in [6.45, 7) is 4.35. The van der Waals surface area contributed by atoms with Gasteiger partial charge in [-0.1, -0.05) is 0 Å². The van der Waals surface area contributed by atoms with Gasteiger partial charge >= 0.3 is 12.1 Å². The van der Waals surface area contributed by atoms with Gasteiger partial charge in [0.2, 0.25) is 5.95 Å². The average Bonchev–Trinajstić information content (AvgIpc) is 3.30. The molecule has 0 saturated carbocycles. The first kappa shape index (κ1) is 22.6. The third kappa shape index (κ3) is 5.90. The first-order valence-electron chi connectivity index (χ1n) is 8.64. The van der Waals surface area contributed by atoms with Gasteiger partial charge in [0.05, 0.1) is 5.56 Å². The number of carbonyl (C=O) groups excluding carboxylic acids is 1. The van der Waals surface area contributed by atoms with Gasteiger partial charge in [-0.2, -0.15) is 13.2 Å². The number of amides is 1. The van der Waals surface area contributed by atoms with Gasteiger partial charge in [-0.15, -0.1) is 0 Å². The van der Waals surface area contributed by atoms with E-state index in [2.05, 4.69) is 25.3 Å². The number of aromatic nitrogens is 5. The summed E-state index contributed by atoms with van der Waals surface area (Å²) in [5.41, 5.74) is 2.38. The van der Waals surface area contributed by atoms with E-state index < -0.39 is 12.1 Å². The molecule has 0 aliphatic heterocycles. The molecule has 0 spiro atoms. The molecular weight excluding hydrogens is 405 g/mol. The van der Waals surface area contributed by atoms with Crippen LogP contribution in [0.1, 0.15) is 27.6 Å². The van der Waals surface area contributed by atoms with E-state index in [1.54, 1.807) is 30.9 Å². The van der Waals surface area contributed by atoms with Crippen LogP contribution in [0.5, 0.6) is 0 Å². The van der Waals surface area contributed by atoms with Gasteiger partial charge in [0, 0.05) is 49.1 Å². The minimum atomic E-state index is -5.08. The van der Waals surface area contributed by atoms with Crippen LogP contribution in [0.3, 0.4) is 0 Å². The number of H-pyrrole nitrogens is 1. The van der Waals surface area contributed by atoms with Gasteiger partial charge in [-0.05, 0) is 26.0 Å². The number of nitrogens with one attached hydrogen (secondary N) is 2. The summed E-state index contributed by atoms with van der Waals surface area (Å²) in [6.07, 6.45) is 2.42. The zero-order chi connectivity index (χ0) is 22.3. The molecule has 0 unspecified atom stereocenters. The summed E-state index contributed by atoms with van der Waals surface area (Å²) in [7, 11) is 0. The molecular formula is C18H19F3N6O3. The highest BCUT2D eigenvalue weighted by Gasteiger charge is 2.38. The highest BCUT2D eigenvalue weighted by atomic mass is 19.4. The number of imidazole rings is 1. The number of carboxylic acids is 1. The van der Waals surface area contributed by atoms with E-state index in [1.165, 1.54) is 0 Å². The topological polar surface area (TPSA) is 126 Å². The predicted molar refractivity (Wildman–Crippen MR) is 99.1 cm³/mol. The molecule has 12 heteroatoms. The Kier molecular flexibility index (Phi) is 7.28. The standard InChI is InChI=1S/C16H18N6O.C2HF3O2/c1-11-10-13(12(2)22(11)16-20-5-3-6-21-16)15(23)19-7-4-14-17-8-9-18-14;3-2(4,5)1(6)7/h3,5-6,8-10H,4,7H2,1-2H3,(H,17,18)(H,19,23);(H,6,7). The van der Waals surface area contributed by atoms with Crippen molar-refractivity contribution in [2.24, 2.45) is 0 Å². The quantitative estimate of drug-likeness (QED) is 0.577. The Morgan fingerprint density at radius 1 is 1.17 bits per heavy atom. The van der Waals surface area contributed by atoms with Crippen LogP contribution in [0.2, 0.25) is 0 Å². The summed E-state index contributed by atoms with van der Waals surface area (Å²) in [5.74, 6) is -1.44. The molecule has 0 fully saturated rings. The van der Waals surface area contributed by atoms with E-state index in [1.807, 2.05) is 24.5 Å². The lowest BCUT2D eigenvalue weighted by molar-refractivity contribution is -0.192. The van der Waals surface area contributed by atoms with Crippen molar-refractivity contribution in [1.29, 1.82) is 0 Å². The number of carboxylic acid groups (broad SMARTS) is 1. The van der Waals surface area contributed by atoms with Crippen molar-refractivity contribution in [3.63, 3.8) is 0 Å². The average molecular weight is 424 g/mol. The molecule has 3 aromatic heterocycles. The maximum Gasteiger partial charge on any atom is 0.490 e. The number of rotatable bonds is 5. The number of alkyl halides is 3. The highest BCUT2D eigenvalue weighted by Crippen LogP contribution is 2.18. The van der Waals surface area contributed by atoms with Crippen molar-refractivity contribution in [1.82, 2.24) is 29.8 Å². The van der Waals surface area contributed by atoms with Crippen molar-refractivity contribution in [2.45, 2.75) is 26.4 Å². The van der Waals surface area contributed by atoms with Crippen LogP contribution < -0.4 is 5.32 Å². The van der Waals surface area contributed by atoms with E-state index in [-0.39, 0.29) is 5.91 Å². The molecule has 160 valence electrons. The van der Waals surface area contributed by atoms with Crippen LogP contribution >= 0.6 is 0 Å². The van der Waals surface area contributed by atoms with Gasteiger partial charge in [0.25, 0.3) is 5.91 Å². The summed E-state index contributed by atoms with van der Waals surface area (Å²) in [6, 6.07) is 3.62. The fourth-order valence-corrected chi connectivity index (χ4v) is 2.53. The van der Waals surface area contributed by atoms with Crippen molar-refractivity contribution >= 4 is 11.9 Å². The number of aromatic amines is 1. The highest BCUT2D eigenvalue weighted by molar-refractivity contribution is 5.95. The second-order valence-corrected chi connectivity index (χ2v) is 6.01. The van der Waals surface area contributed by atoms with Gasteiger partial charge in [-0.3, -0.25) is 9.36 Å². The Labute approximate surface area is 169 Å². The zero-order valence-corrected chi connectivity index (χ0v) is 16.1. The zero-order valence-electron chi connectivity index (χ0n) is 16.1. The van der Waals surface area contributed by atoms with Crippen molar-refractivity contribution in [2.75, 3.05) is 6.54 Å². The van der Waals surface area contributed by atoms with Gasteiger partial charge in [-0.25, -0.2) is 19.7 Å². The largest absolute Gasteiger partial charge is 0.490 e. The molecule has 3 aromatic rings. The molecule has 0 radical (unpaired) electrons. The summed E-state index contributed by atoms with van der Waals surface area (Å²) in [4.78, 5) is 36.9. The van der Waals surface area contributed by atoms with Crippen molar-refractivity contribution < 1.29 is 27.9 Å². The number of aliphatic carboxylic acids is 1. The van der Waals surface area contributed by atoms with Gasteiger partial charge in [0.1, 0.15) is 5.82 Å². The van der Waals surface area contributed by atoms with Crippen LogP contribution in [0.25, 0.3) is 5.95 Å². The SMILES string of the molecule is Cc1cc(C(=O)NCCc2ncc[nH]2)c(C)n1-c1ncccn1.O=C(O)C(F)(F)F. The van der Waals surface area contributed by atoms with E-state index in [0.29, 0.717) is 24.5 Å².